The summed E-state index contributed by atoms with van der Waals surface area (Å²) in [6, 6.07) is 7.52. The number of aliphatic carboxylic acids is 1. The number of carbonyl (C=O) groups excluding carboxylic acids is 1. The van der Waals surface area contributed by atoms with Crippen LogP contribution in [0.15, 0.2) is 24.3 Å². The van der Waals surface area contributed by atoms with Crippen molar-refractivity contribution in [1.82, 2.24) is 4.90 Å². The van der Waals surface area contributed by atoms with Crippen molar-refractivity contribution in [3.05, 3.63) is 34.9 Å². The Balaban J connectivity index is 1.79. The second kappa shape index (κ2) is 7.71. The van der Waals surface area contributed by atoms with E-state index in [1.165, 1.54) is 16.7 Å². The molecule has 1 aliphatic rings. The molecule has 0 atom stereocenters. The molecule has 1 aromatic rings. The molecule has 0 radical (unpaired) electrons. The maximum atomic E-state index is 12.1. The second-order valence-corrected chi connectivity index (χ2v) is 6.66. The number of carboxylic acids is 1. The molecule has 1 aromatic carbocycles. The highest BCUT2D eigenvalue weighted by atomic mass is 35.5. The van der Waals surface area contributed by atoms with Crippen LogP contribution in [-0.2, 0) is 15.3 Å². The zero-order valence-corrected chi connectivity index (χ0v) is 13.2. The van der Waals surface area contributed by atoms with Crippen LogP contribution < -0.4 is 0 Å². The number of hydrogen-bond donors (Lipinski definition) is 1. The molecule has 0 unspecified atom stereocenters. The van der Waals surface area contributed by atoms with Gasteiger partial charge in [-0.1, -0.05) is 23.7 Å². The molecule has 0 heterocycles. The normalized spacial score (nSPS) is 14.0. The molecule has 114 valence electrons. The maximum Gasteiger partial charge on any atom is 0.323 e. The topological polar surface area (TPSA) is 57.6 Å². The van der Waals surface area contributed by atoms with Gasteiger partial charge in [0.2, 0.25) is 5.91 Å². The predicted molar refractivity (Wildman–Crippen MR) is 84.6 cm³/mol. The molecule has 6 heteroatoms. The van der Waals surface area contributed by atoms with Crippen molar-refractivity contribution in [1.29, 1.82) is 0 Å². The van der Waals surface area contributed by atoms with Crippen molar-refractivity contribution in [3.63, 3.8) is 0 Å². The summed E-state index contributed by atoms with van der Waals surface area (Å²) >= 11 is 7.39. The summed E-state index contributed by atoms with van der Waals surface area (Å²) in [5, 5.41) is 9.57. The average molecular weight is 328 g/mol. The van der Waals surface area contributed by atoms with Gasteiger partial charge in [0.05, 0.1) is 5.75 Å². The molecule has 0 aromatic heterocycles. The molecule has 1 N–H and O–H groups in total. The van der Waals surface area contributed by atoms with Gasteiger partial charge in [-0.05, 0) is 36.5 Å². The van der Waals surface area contributed by atoms with Gasteiger partial charge in [-0.25, -0.2) is 0 Å². The van der Waals surface area contributed by atoms with Crippen molar-refractivity contribution in [2.45, 2.75) is 18.6 Å². The molecule has 0 saturated heterocycles. The summed E-state index contributed by atoms with van der Waals surface area (Å²) in [6.45, 7) is 0.371. The molecule has 1 fully saturated rings. The van der Waals surface area contributed by atoms with E-state index in [9.17, 15) is 9.59 Å². The third-order valence-electron chi connectivity index (χ3n) is 3.24. The number of hydrogen-bond acceptors (Lipinski definition) is 3. The number of halogens is 1. The summed E-state index contributed by atoms with van der Waals surface area (Å²) in [4.78, 5) is 24.4. The largest absolute Gasteiger partial charge is 0.480 e. The van der Waals surface area contributed by atoms with Gasteiger partial charge < -0.3 is 10.0 Å². The van der Waals surface area contributed by atoms with E-state index in [2.05, 4.69) is 0 Å². The quantitative estimate of drug-likeness (QED) is 0.797. The Morgan fingerprint density at radius 3 is 2.76 bits per heavy atom. The van der Waals surface area contributed by atoms with Crippen LogP contribution in [0.2, 0.25) is 5.02 Å². The Bertz CT molecular complexity index is 519. The van der Waals surface area contributed by atoms with Crippen LogP contribution in [-0.4, -0.2) is 40.7 Å². The lowest BCUT2D eigenvalue weighted by Gasteiger charge is -2.20. The Kier molecular flexibility index (Phi) is 5.94. The Hall–Kier alpha value is -1.20. The highest BCUT2D eigenvalue weighted by Gasteiger charge is 2.27. The maximum absolute atomic E-state index is 12.1. The van der Waals surface area contributed by atoms with E-state index in [0.29, 0.717) is 29.0 Å². The van der Waals surface area contributed by atoms with Crippen molar-refractivity contribution < 1.29 is 14.7 Å². The first-order chi connectivity index (χ1) is 10.0. The summed E-state index contributed by atoms with van der Waals surface area (Å²) in [5.74, 6) is 0.426. The van der Waals surface area contributed by atoms with E-state index in [1.807, 2.05) is 24.3 Å². The Morgan fingerprint density at radius 1 is 1.38 bits per heavy atom. The van der Waals surface area contributed by atoms with Crippen molar-refractivity contribution in [2.24, 2.45) is 5.92 Å². The van der Waals surface area contributed by atoms with Gasteiger partial charge in [0.15, 0.2) is 0 Å². The van der Waals surface area contributed by atoms with Crippen LogP contribution in [0.1, 0.15) is 18.4 Å². The number of benzene rings is 1. The minimum atomic E-state index is -0.955. The van der Waals surface area contributed by atoms with Gasteiger partial charge in [-0.2, -0.15) is 0 Å². The van der Waals surface area contributed by atoms with Crippen molar-refractivity contribution in [2.75, 3.05) is 18.8 Å². The third-order valence-corrected chi connectivity index (χ3v) is 4.46. The second-order valence-electron chi connectivity index (χ2n) is 5.23. The first kappa shape index (κ1) is 16.2. The average Bonchev–Trinajstić information content (AvgIpc) is 3.21. The van der Waals surface area contributed by atoms with Gasteiger partial charge in [-0.3, -0.25) is 9.59 Å². The fraction of sp³-hybridized carbons (Fsp3) is 0.467. The Labute approximate surface area is 133 Å². The van der Waals surface area contributed by atoms with Crippen LogP contribution in [0.3, 0.4) is 0 Å². The Morgan fingerprint density at radius 2 is 2.14 bits per heavy atom. The van der Waals surface area contributed by atoms with Gasteiger partial charge in [-0.15, -0.1) is 11.8 Å². The molecule has 2 rings (SSSR count). The zero-order valence-electron chi connectivity index (χ0n) is 11.6. The smallest absolute Gasteiger partial charge is 0.323 e. The summed E-state index contributed by atoms with van der Waals surface area (Å²) in [6.07, 6.45) is 2.19. The van der Waals surface area contributed by atoms with Crippen LogP contribution in [0.4, 0.5) is 0 Å². The van der Waals surface area contributed by atoms with Crippen LogP contribution in [0.25, 0.3) is 0 Å². The van der Waals surface area contributed by atoms with Crippen LogP contribution in [0, 0.1) is 5.92 Å². The summed E-state index contributed by atoms with van der Waals surface area (Å²) in [5.41, 5.74) is 1.06. The van der Waals surface area contributed by atoms with E-state index in [1.54, 1.807) is 0 Å². The standard InChI is InChI=1S/C15H18ClNO3S/c16-13-3-1-2-12(6-13)9-21-10-14(18)17(8-15(19)20)7-11-4-5-11/h1-3,6,11H,4-5,7-10H2,(H,19,20). The summed E-state index contributed by atoms with van der Waals surface area (Å²) < 4.78 is 0. The van der Waals surface area contributed by atoms with Gasteiger partial charge in [0.1, 0.15) is 6.54 Å². The molecular weight excluding hydrogens is 310 g/mol. The van der Waals surface area contributed by atoms with E-state index in [4.69, 9.17) is 16.7 Å². The highest BCUT2D eigenvalue weighted by molar-refractivity contribution is 7.99. The van der Waals surface area contributed by atoms with Gasteiger partial charge in [0.25, 0.3) is 0 Å². The van der Waals surface area contributed by atoms with E-state index >= 15 is 0 Å². The monoisotopic (exact) mass is 327 g/mol. The van der Waals surface area contributed by atoms with Crippen molar-refractivity contribution in [3.8, 4) is 0 Å². The molecule has 1 saturated carbocycles. The van der Waals surface area contributed by atoms with Gasteiger partial charge in [0, 0.05) is 17.3 Å². The highest BCUT2D eigenvalue weighted by Crippen LogP contribution is 2.30. The lowest BCUT2D eigenvalue weighted by atomic mass is 10.2. The van der Waals surface area contributed by atoms with Gasteiger partial charge >= 0.3 is 5.97 Å². The lowest BCUT2D eigenvalue weighted by Crippen LogP contribution is -2.38. The number of nitrogens with zero attached hydrogens (tertiary/aromatic N) is 1. The number of thioether (sulfide) groups is 1. The predicted octanol–water partition coefficient (Wildman–Crippen LogP) is 2.90. The van der Waals surface area contributed by atoms with Crippen LogP contribution >= 0.6 is 23.4 Å². The minimum Gasteiger partial charge on any atom is -0.480 e. The fourth-order valence-corrected chi connectivity index (χ4v) is 3.09. The number of amides is 1. The van der Waals surface area contributed by atoms with E-state index < -0.39 is 5.97 Å². The molecule has 1 aliphatic carbocycles. The molecule has 4 nitrogen and oxygen atoms in total. The summed E-state index contributed by atoms with van der Waals surface area (Å²) in [7, 11) is 0. The fourth-order valence-electron chi connectivity index (χ4n) is 2.00. The molecule has 1 amide bonds. The van der Waals surface area contributed by atoms with Crippen molar-refractivity contribution >= 4 is 35.2 Å². The van der Waals surface area contributed by atoms with Crippen LogP contribution in [0.5, 0.6) is 0 Å². The zero-order chi connectivity index (χ0) is 15.2. The SMILES string of the molecule is O=C(O)CN(CC1CC1)C(=O)CSCc1cccc(Cl)c1. The molecule has 0 aliphatic heterocycles. The minimum absolute atomic E-state index is 0.101. The molecular formula is C15H18ClNO3S. The van der Waals surface area contributed by atoms with E-state index in [0.717, 1.165) is 18.4 Å². The number of carbonyl (C=O) groups is 2. The first-order valence-electron chi connectivity index (χ1n) is 6.86. The first-order valence-corrected chi connectivity index (χ1v) is 8.39. The molecule has 0 spiro atoms. The lowest BCUT2D eigenvalue weighted by molar-refractivity contribution is -0.143. The number of carboxylic acid groups (broad SMARTS) is 1. The number of rotatable bonds is 8. The molecule has 21 heavy (non-hydrogen) atoms. The third kappa shape index (κ3) is 5.98. The van der Waals surface area contributed by atoms with E-state index in [-0.39, 0.29) is 12.5 Å². The molecule has 0 bridgehead atoms.